The maximum atomic E-state index is 14.0. The van der Waals surface area contributed by atoms with Crippen molar-refractivity contribution in [3.63, 3.8) is 0 Å². The van der Waals surface area contributed by atoms with Crippen LogP contribution in [0.25, 0.3) is 22.0 Å². The molecular formula is C36H27BrN4O5S. The number of nitrogens with zero attached hydrogens (tertiary/aromatic N) is 2. The third-order valence-corrected chi connectivity index (χ3v) is 9.92. The normalized spacial score (nSPS) is 14.7. The van der Waals surface area contributed by atoms with E-state index in [2.05, 4.69) is 25.6 Å². The van der Waals surface area contributed by atoms with Crippen LogP contribution in [0, 0.1) is 6.92 Å². The van der Waals surface area contributed by atoms with Crippen LogP contribution in [0.2, 0.25) is 0 Å². The Bertz CT molecular complexity index is 2320. The highest BCUT2D eigenvalue weighted by Gasteiger charge is 2.37. The van der Waals surface area contributed by atoms with Crippen molar-refractivity contribution < 1.29 is 17.6 Å². The molecule has 3 heterocycles. The van der Waals surface area contributed by atoms with Gasteiger partial charge in [-0.2, -0.15) is 5.10 Å². The van der Waals surface area contributed by atoms with E-state index in [4.69, 9.17) is 9.52 Å². The Labute approximate surface area is 278 Å². The molecule has 1 atom stereocenters. The number of hydrogen-bond donors (Lipinski definition) is 2. The predicted octanol–water partition coefficient (Wildman–Crippen LogP) is 7.65. The number of furan rings is 1. The molecule has 0 radical (unpaired) electrons. The van der Waals surface area contributed by atoms with Gasteiger partial charge < -0.3 is 9.40 Å². The van der Waals surface area contributed by atoms with Crippen molar-refractivity contribution in [2.45, 2.75) is 24.3 Å². The number of amides is 1. The standard InChI is InChI=1S/C36H27BrN4O5S/c1-22-9-16-27(17-10-22)47(44,45)40-26-14-11-24(12-15-26)36(43)41-31(32-8-5-19-46-32)21-30(39-41)34-33(23-6-3-2-4-7-23)28-20-25(37)13-18-29(28)38-35(34)42/h2-20,31,40H,21H2,1H3,(H,38,42). The van der Waals surface area contributed by atoms with Crippen molar-refractivity contribution in [3.8, 4) is 11.1 Å². The van der Waals surface area contributed by atoms with E-state index >= 15 is 0 Å². The molecule has 0 spiro atoms. The molecule has 6 aromatic rings. The van der Waals surface area contributed by atoms with Gasteiger partial charge in [-0.1, -0.05) is 64.0 Å². The first-order valence-corrected chi connectivity index (χ1v) is 17.0. The molecule has 2 aromatic heterocycles. The Morgan fingerprint density at radius 3 is 2.38 bits per heavy atom. The van der Waals surface area contributed by atoms with Crippen LogP contribution in [0.3, 0.4) is 0 Å². The fraction of sp³-hybridized carbons (Fsp3) is 0.0833. The number of nitrogens with one attached hydrogen (secondary N) is 2. The zero-order valence-electron chi connectivity index (χ0n) is 25.0. The third-order valence-electron chi connectivity index (χ3n) is 8.03. The van der Waals surface area contributed by atoms with E-state index in [1.165, 1.54) is 47.7 Å². The summed E-state index contributed by atoms with van der Waals surface area (Å²) in [5, 5.41) is 6.93. The van der Waals surface area contributed by atoms with Crippen LogP contribution in [0.5, 0.6) is 0 Å². The van der Waals surface area contributed by atoms with Crippen molar-refractivity contribution in [1.29, 1.82) is 0 Å². The highest BCUT2D eigenvalue weighted by atomic mass is 79.9. The number of rotatable bonds is 7. The van der Waals surface area contributed by atoms with E-state index < -0.39 is 22.0 Å². The molecule has 234 valence electrons. The number of anilines is 1. The minimum absolute atomic E-state index is 0.134. The summed E-state index contributed by atoms with van der Waals surface area (Å²) < 4.78 is 34.9. The first kappa shape index (κ1) is 30.4. The average molecular weight is 708 g/mol. The smallest absolute Gasteiger partial charge is 0.274 e. The summed E-state index contributed by atoms with van der Waals surface area (Å²) >= 11 is 3.57. The van der Waals surface area contributed by atoms with Crippen LogP contribution in [0.4, 0.5) is 5.69 Å². The summed E-state index contributed by atoms with van der Waals surface area (Å²) in [6.45, 7) is 1.88. The number of fused-ring (bicyclic) bond motifs is 1. The highest BCUT2D eigenvalue weighted by Crippen LogP contribution is 2.38. The number of pyridine rings is 1. The van der Waals surface area contributed by atoms with Gasteiger partial charge in [0.1, 0.15) is 11.8 Å². The molecule has 1 amide bonds. The Hall–Kier alpha value is -5.26. The topological polar surface area (TPSA) is 125 Å². The summed E-state index contributed by atoms with van der Waals surface area (Å²) in [6, 6.07) is 30.8. The number of hydrogen-bond acceptors (Lipinski definition) is 6. The van der Waals surface area contributed by atoms with Crippen molar-refractivity contribution in [2.75, 3.05) is 4.72 Å². The summed E-state index contributed by atoms with van der Waals surface area (Å²) in [5.74, 6) is 0.0800. The summed E-state index contributed by atoms with van der Waals surface area (Å²) in [5.41, 5.74) is 4.23. The van der Waals surface area contributed by atoms with Crippen LogP contribution in [0.15, 0.2) is 139 Å². The number of hydrazone groups is 1. The number of carbonyl (C=O) groups excluding carboxylic acids is 1. The van der Waals surface area contributed by atoms with Gasteiger partial charge in [0.25, 0.3) is 21.5 Å². The molecule has 7 rings (SSSR count). The zero-order valence-corrected chi connectivity index (χ0v) is 27.4. The molecule has 1 aliphatic heterocycles. The van der Waals surface area contributed by atoms with Gasteiger partial charge in [-0.05, 0) is 79.2 Å². The maximum Gasteiger partial charge on any atom is 0.274 e. The van der Waals surface area contributed by atoms with E-state index in [0.29, 0.717) is 33.8 Å². The zero-order chi connectivity index (χ0) is 32.7. The second-order valence-corrected chi connectivity index (χ2v) is 13.8. The molecule has 0 saturated heterocycles. The van der Waals surface area contributed by atoms with Crippen LogP contribution in [-0.2, 0) is 10.0 Å². The molecule has 4 aromatic carbocycles. The van der Waals surface area contributed by atoms with Crippen molar-refractivity contribution in [2.24, 2.45) is 5.10 Å². The molecule has 0 fully saturated rings. The molecule has 2 N–H and O–H groups in total. The highest BCUT2D eigenvalue weighted by molar-refractivity contribution is 9.10. The van der Waals surface area contributed by atoms with Gasteiger partial charge in [0.05, 0.1) is 22.4 Å². The molecule has 0 saturated carbocycles. The van der Waals surface area contributed by atoms with E-state index in [1.54, 1.807) is 24.3 Å². The number of aromatic nitrogens is 1. The predicted molar refractivity (Wildman–Crippen MR) is 185 cm³/mol. The van der Waals surface area contributed by atoms with Gasteiger partial charge in [-0.3, -0.25) is 14.3 Å². The lowest BCUT2D eigenvalue weighted by molar-refractivity contribution is 0.0693. The minimum Gasteiger partial charge on any atom is -0.467 e. The number of aryl methyl sites for hydroxylation is 1. The average Bonchev–Trinajstić information content (AvgIpc) is 3.76. The fourth-order valence-corrected chi connectivity index (χ4v) is 7.16. The van der Waals surface area contributed by atoms with E-state index in [0.717, 1.165) is 21.0 Å². The molecule has 9 nitrogen and oxygen atoms in total. The molecule has 1 aliphatic rings. The maximum absolute atomic E-state index is 14.0. The van der Waals surface area contributed by atoms with Gasteiger partial charge in [0, 0.05) is 38.6 Å². The van der Waals surface area contributed by atoms with Crippen molar-refractivity contribution in [1.82, 2.24) is 9.99 Å². The van der Waals surface area contributed by atoms with Crippen LogP contribution in [-0.4, -0.2) is 30.0 Å². The second kappa shape index (κ2) is 12.2. The van der Waals surface area contributed by atoms with Gasteiger partial charge >= 0.3 is 0 Å². The SMILES string of the molecule is Cc1ccc(S(=O)(=O)Nc2ccc(C(=O)N3N=C(c4c(-c5ccccc5)c5cc(Br)ccc5[nH]c4=O)CC3c3ccco3)cc2)cc1. The number of sulfonamides is 1. The lowest BCUT2D eigenvalue weighted by Gasteiger charge is -2.20. The lowest BCUT2D eigenvalue weighted by atomic mass is 9.92. The molecule has 0 aliphatic carbocycles. The Balaban J connectivity index is 1.27. The van der Waals surface area contributed by atoms with Crippen LogP contribution < -0.4 is 10.3 Å². The van der Waals surface area contributed by atoms with Crippen molar-refractivity contribution in [3.05, 3.63) is 153 Å². The molecule has 1 unspecified atom stereocenters. The Morgan fingerprint density at radius 1 is 0.936 bits per heavy atom. The number of aromatic amines is 1. The first-order chi connectivity index (χ1) is 22.7. The molecule has 11 heteroatoms. The summed E-state index contributed by atoms with van der Waals surface area (Å²) in [7, 11) is -3.82. The van der Waals surface area contributed by atoms with Gasteiger partial charge in [-0.15, -0.1) is 0 Å². The minimum atomic E-state index is -3.82. The molecular weight excluding hydrogens is 680 g/mol. The van der Waals surface area contributed by atoms with Crippen LogP contribution in [0.1, 0.15) is 39.7 Å². The number of H-pyrrole nitrogens is 1. The van der Waals surface area contributed by atoms with Crippen molar-refractivity contribution >= 4 is 54.2 Å². The van der Waals surface area contributed by atoms with Crippen LogP contribution >= 0.6 is 15.9 Å². The van der Waals surface area contributed by atoms with E-state index in [-0.39, 0.29) is 22.4 Å². The second-order valence-electron chi connectivity index (χ2n) is 11.2. The lowest BCUT2D eigenvalue weighted by Crippen LogP contribution is -2.26. The third kappa shape index (κ3) is 5.91. The molecule has 0 bridgehead atoms. The molecule has 47 heavy (non-hydrogen) atoms. The Morgan fingerprint density at radius 2 is 1.68 bits per heavy atom. The quantitative estimate of drug-likeness (QED) is 0.176. The largest absolute Gasteiger partial charge is 0.467 e. The number of benzene rings is 4. The van der Waals surface area contributed by atoms with Gasteiger partial charge in [0.2, 0.25) is 0 Å². The Kier molecular flexibility index (Phi) is 7.86. The van der Waals surface area contributed by atoms with Gasteiger partial charge in [-0.25, -0.2) is 13.4 Å². The summed E-state index contributed by atoms with van der Waals surface area (Å²) in [4.78, 5) is 30.9. The van der Waals surface area contributed by atoms with E-state index in [9.17, 15) is 18.0 Å². The van der Waals surface area contributed by atoms with Gasteiger partial charge in [0.15, 0.2) is 0 Å². The van der Waals surface area contributed by atoms with E-state index in [1.807, 2.05) is 55.5 Å². The summed E-state index contributed by atoms with van der Waals surface area (Å²) in [6.07, 6.45) is 1.76. The monoisotopic (exact) mass is 706 g/mol. The number of halogens is 1. The first-order valence-electron chi connectivity index (χ1n) is 14.7. The fourth-order valence-electron chi connectivity index (χ4n) is 5.74. The number of carbonyl (C=O) groups is 1.